The number of benzene rings is 2. The van der Waals surface area contributed by atoms with Crippen molar-refractivity contribution < 1.29 is 13.7 Å². The molecule has 0 saturated carbocycles. The van der Waals surface area contributed by atoms with Gasteiger partial charge in [-0.1, -0.05) is 29.4 Å². The molecule has 2 heterocycles. The number of fused-ring (bicyclic) bond motifs is 1. The van der Waals surface area contributed by atoms with Crippen LogP contribution in [0.15, 0.2) is 59.3 Å². The average molecular weight is 322 g/mol. The fraction of sp³-hybridized carbons (Fsp3) is 0.158. The zero-order valence-corrected chi connectivity index (χ0v) is 12.9. The van der Waals surface area contributed by atoms with Crippen LogP contribution in [-0.4, -0.2) is 22.5 Å². The molecule has 5 heteroatoms. The van der Waals surface area contributed by atoms with Gasteiger partial charge in [-0.2, -0.15) is 0 Å². The molecule has 0 atom stereocenters. The molecule has 1 aromatic heterocycles. The first-order valence-corrected chi connectivity index (χ1v) is 7.79. The lowest BCUT2D eigenvalue weighted by Gasteiger charge is -2.28. The summed E-state index contributed by atoms with van der Waals surface area (Å²) in [5, 5.41) is 3.76. The normalized spacial score (nSPS) is 13.6. The van der Waals surface area contributed by atoms with E-state index >= 15 is 0 Å². The number of hydrogen-bond acceptors (Lipinski definition) is 3. The minimum absolute atomic E-state index is 0.120. The van der Waals surface area contributed by atoms with Crippen molar-refractivity contribution in [2.45, 2.75) is 13.0 Å². The molecule has 0 spiro atoms. The highest BCUT2D eigenvalue weighted by Gasteiger charge is 2.26. The summed E-state index contributed by atoms with van der Waals surface area (Å²) in [5.41, 5.74) is 3.48. The van der Waals surface area contributed by atoms with Gasteiger partial charge in [0.15, 0.2) is 5.76 Å². The van der Waals surface area contributed by atoms with E-state index in [0.29, 0.717) is 30.0 Å². The molecular weight excluding hydrogens is 307 g/mol. The summed E-state index contributed by atoms with van der Waals surface area (Å²) >= 11 is 0. The second kappa shape index (κ2) is 5.92. The first kappa shape index (κ1) is 14.6. The molecule has 4 rings (SSSR count). The molecule has 120 valence electrons. The van der Waals surface area contributed by atoms with Crippen LogP contribution in [-0.2, 0) is 13.0 Å². The maximum atomic E-state index is 13.1. The molecule has 3 aromatic rings. The topological polar surface area (TPSA) is 46.3 Å². The van der Waals surface area contributed by atoms with E-state index in [9.17, 15) is 9.18 Å². The molecule has 0 radical (unpaired) electrons. The van der Waals surface area contributed by atoms with E-state index in [4.69, 9.17) is 4.52 Å². The minimum atomic E-state index is -0.334. The molecule has 1 aliphatic heterocycles. The van der Waals surface area contributed by atoms with Gasteiger partial charge in [0.05, 0.1) is 6.20 Å². The lowest BCUT2D eigenvalue weighted by Crippen LogP contribution is -2.36. The average Bonchev–Trinajstić information content (AvgIpc) is 3.11. The van der Waals surface area contributed by atoms with Crippen LogP contribution in [0.5, 0.6) is 0 Å². The summed E-state index contributed by atoms with van der Waals surface area (Å²) in [4.78, 5) is 14.7. The maximum Gasteiger partial charge on any atom is 0.259 e. The van der Waals surface area contributed by atoms with E-state index < -0.39 is 0 Å². The Hall–Kier alpha value is -2.95. The van der Waals surface area contributed by atoms with Gasteiger partial charge in [0.1, 0.15) is 11.4 Å². The van der Waals surface area contributed by atoms with Crippen LogP contribution in [0.2, 0.25) is 0 Å². The SMILES string of the molecule is O=C(c1cnoc1-c1ccc(F)cc1)N1CCc2ccccc2C1. The summed E-state index contributed by atoms with van der Waals surface area (Å²) in [5.74, 6) is -0.0808. The van der Waals surface area contributed by atoms with Crippen molar-refractivity contribution >= 4 is 5.91 Å². The second-order valence-electron chi connectivity index (χ2n) is 5.82. The number of carbonyl (C=O) groups excluding carboxylic acids is 1. The van der Waals surface area contributed by atoms with E-state index in [1.165, 1.54) is 23.9 Å². The molecule has 0 aliphatic carbocycles. The molecule has 0 N–H and O–H groups in total. The fourth-order valence-corrected chi connectivity index (χ4v) is 3.04. The largest absolute Gasteiger partial charge is 0.355 e. The lowest BCUT2D eigenvalue weighted by atomic mass is 9.99. The lowest BCUT2D eigenvalue weighted by molar-refractivity contribution is 0.0735. The van der Waals surface area contributed by atoms with Gasteiger partial charge in [-0.15, -0.1) is 0 Å². The Morgan fingerprint density at radius 2 is 1.83 bits per heavy atom. The molecule has 0 unspecified atom stereocenters. The predicted molar refractivity (Wildman–Crippen MR) is 86.8 cm³/mol. The Morgan fingerprint density at radius 3 is 2.62 bits per heavy atom. The number of carbonyl (C=O) groups is 1. The Balaban J connectivity index is 1.62. The molecule has 4 nitrogen and oxygen atoms in total. The van der Waals surface area contributed by atoms with Gasteiger partial charge in [-0.25, -0.2) is 4.39 Å². The third-order valence-electron chi connectivity index (χ3n) is 4.33. The van der Waals surface area contributed by atoms with Crippen LogP contribution in [0.4, 0.5) is 4.39 Å². The van der Waals surface area contributed by atoms with Crippen molar-refractivity contribution in [3.05, 3.63) is 77.2 Å². The van der Waals surface area contributed by atoms with Crippen LogP contribution in [0.25, 0.3) is 11.3 Å². The Kier molecular flexibility index (Phi) is 3.61. The summed E-state index contributed by atoms with van der Waals surface area (Å²) in [6.45, 7) is 1.23. The number of rotatable bonds is 2. The Morgan fingerprint density at radius 1 is 1.08 bits per heavy atom. The van der Waals surface area contributed by atoms with Crippen LogP contribution >= 0.6 is 0 Å². The van der Waals surface area contributed by atoms with Gasteiger partial charge >= 0.3 is 0 Å². The Labute approximate surface area is 138 Å². The Bertz CT molecular complexity index is 886. The van der Waals surface area contributed by atoms with Gasteiger partial charge in [0.2, 0.25) is 0 Å². The van der Waals surface area contributed by atoms with Crippen molar-refractivity contribution in [3.8, 4) is 11.3 Å². The van der Waals surface area contributed by atoms with Crippen molar-refractivity contribution in [1.82, 2.24) is 10.1 Å². The summed E-state index contributed by atoms with van der Waals surface area (Å²) in [6, 6.07) is 14.0. The number of hydrogen-bond donors (Lipinski definition) is 0. The smallest absolute Gasteiger partial charge is 0.259 e. The number of halogens is 1. The summed E-state index contributed by atoms with van der Waals surface area (Å²) < 4.78 is 18.3. The standard InChI is InChI=1S/C19H15FN2O2/c20-16-7-5-14(6-8-16)18-17(11-21-24-18)19(23)22-10-9-13-3-1-2-4-15(13)12-22/h1-8,11H,9-10,12H2. The third-order valence-corrected chi connectivity index (χ3v) is 4.33. The molecule has 1 aliphatic rings. The van der Waals surface area contributed by atoms with Gasteiger partial charge in [-0.05, 0) is 41.8 Å². The highest BCUT2D eigenvalue weighted by molar-refractivity contribution is 5.99. The fourth-order valence-electron chi connectivity index (χ4n) is 3.04. The van der Waals surface area contributed by atoms with Crippen LogP contribution in [0.1, 0.15) is 21.5 Å². The quantitative estimate of drug-likeness (QED) is 0.723. The molecular formula is C19H15FN2O2. The number of nitrogens with zero attached hydrogens (tertiary/aromatic N) is 2. The van der Waals surface area contributed by atoms with Gasteiger partial charge in [0, 0.05) is 18.7 Å². The zero-order chi connectivity index (χ0) is 16.5. The molecule has 0 saturated heterocycles. The molecule has 0 bridgehead atoms. The van der Waals surface area contributed by atoms with Gasteiger partial charge < -0.3 is 9.42 Å². The second-order valence-corrected chi connectivity index (χ2v) is 5.82. The maximum absolute atomic E-state index is 13.1. The van der Waals surface area contributed by atoms with Gasteiger partial charge in [-0.3, -0.25) is 4.79 Å². The van der Waals surface area contributed by atoms with E-state index in [0.717, 1.165) is 12.0 Å². The number of aromatic nitrogens is 1. The first-order valence-electron chi connectivity index (χ1n) is 7.79. The monoisotopic (exact) mass is 322 g/mol. The van der Waals surface area contributed by atoms with Crippen LogP contribution in [0.3, 0.4) is 0 Å². The van der Waals surface area contributed by atoms with Crippen molar-refractivity contribution in [2.75, 3.05) is 6.54 Å². The number of amides is 1. The molecule has 2 aromatic carbocycles. The van der Waals surface area contributed by atoms with Crippen molar-refractivity contribution in [1.29, 1.82) is 0 Å². The predicted octanol–water partition coefficient (Wildman–Crippen LogP) is 3.68. The van der Waals surface area contributed by atoms with Crippen molar-refractivity contribution in [2.24, 2.45) is 0 Å². The summed E-state index contributed by atoms with van der Waals surface area (Å²) in [7, 11) is 0. The molecule has 1 amide bonds. The molecule has 0 fully saturated rings. The molecule has 24 heavy (non-hydrogen) atoms. The van der Waals surface area contributed by atoms with Gasteiger partial charge in [0.25, 0.3) is 5.91 Å². The summed E-state index contributed by atoms with van der Waals surface area (Å²) in [6.07, 6.45) is 2.26. The first-order chi connectivity index (χ1) is 11.7. The zero-order valence-electron chi connectivity index (χ0n) is 12.9. The van der Waals surface area contributed by atoms with Crippen LogP contribution in [0, 0.1) is 5.82 Å². The highest BCUT2D eigenvalue weighted by atomic mass is 19.1. The van der Waals surface area contributed by atoms with Crippen molar-refractivity contribution in [3.63, 3.8) is 0 Å². The van der Waals surface area contributed by atoms with E-state index in [2.05, 4.69) is 11.2 Å². The third kappa shape index (κ3) is 2.58. The minimum Gasteiger partial charge on any atom is -0.355 e. The highest BCUT2D eigenvalue weighted by Crippen LogP contribution is 2.27. The van der Waals surface area contributed by atoms with Crippen LogP contribution < -0.4 is 0 Å². The van der Waals surface area contributed by atoms with E-state index in [1.54, 1.807) is 17.0 Å². The van der Waals surface area contributed by atoms with E-state index in [1.807, 2.05) is 18.2 Å². The van der Waals surface area contributed by atoms with E-state index in [-0.39, 0.29) is 11.7 Å².